The molecule has 52 heavy (non-hydrogen) atoms. The molecule has 15 nitrogen and oxygen atoms in total. The van der Waals surface area contributed by atoms with E-state index >= 15 is 0 Å². The van der Waals surface area contributed by atoms with E-state index in [9.17, 15) is 30.5 Å². The van der Waals surface area contributed by atoms with E-state index in [0.29, 0.717) is 32.1 Å². The predicted octanol–water partition coefficient (Wildman–Crippen LogP) is 1.34. The standard InChI is InChI=1S/C37H50N6O9/c1-26(34(45)36(47)35(46)33(44)25-49-2)22-43-23-31(40-41-43)24-52-17-16-51-15-14-50-13-10-39-37(48)30(21-38)19-27-6-7-29-20-32(9-8-28(29)18-27)42-11-4-3-5-12-42/h6-9,18-20,23,33-36,44-47H,1,3-5,10-17,22,24-25H2,2H3,(H,39,48)/b30-19+/t33-,34-,35+,36+/m1/s1. The number of aliphatic hydroxyl groups excluding tert-OH is 4. The molecule has 0 aliphatic carbocycles. The Morgan fingerprint density at radius 1 is 0.981 bits per heavy atom. The first-order valence-electron chi connectivity index (χ1n) is 17.4. The lowest BCUT2D eigenvalue weighted by Crippen LogP contribution is -2.46. The Morgan fingerprint density at radius 2 is 1.67 bits per heavy atom. The van der Waals surface area contributed by atoms with E-state index in [4.69, 9.17) is 18.9 Å². The predicted molar refractivity (Wildman–Crippen MR) is 193 cm³/mol. The quantitative estimate of drug-likeness (QED) is 0.0431. The summed E-state index contributed by atoms with van der Waals surface area (Å²) in [7, 11) is 1.34. The molecule has 0 bridgehead atoms. The van der Waals surface area contributed by atoms with Crippen LogP contribution in [0.4, 0.5) is 5.69 Å². The van der Waals surface area contributed by atoms with Crippen molar-refractivity contribution in [3.63, 3.8) is 0 Å². The maximum absolute atomic E-state index is 12.6. The van der Waals surface area contributed by atoms with Crippen LogP contribution >= 0.6 is 0 Å². The molecule has 0 unspecified atom stereocenters. The van der Waals surface area contributed by atoms with E-state index in [1.54, 1.807) is 12.3 Å². The Hall–Kier alpha value is -4.24. The zero-order valence-corrected chi connectivity index (χ0v) is 29.6. The summed E-state index contributed by atoms with van der Waals surface area (Å²) in [6, 6.07) is 14.3. The number of carbonyl (C=O) groups excluding carboxylic acids is 1. The van der Waals surface area contributed by atoms with Crippen molar-refractivity contribution in [3.05, 3.63) is 71.6 Å². The van der Waals surface area contributed by atoms with Crippen LogP contribution in [0.15, 0.2) is 60.3 Å². The molecular formula is C37H50N6O9. The van der Waals surface area contributed by atoms with Crippen molar-refractivity contribution in [1.82, 2.24) is 20.3 Å². The van der Waals surface area contributed by atoms with Crippen LogP contribution in [0.2, 0.25) is 0 Å². The van der Waals surface area contributed by atoms with E-state index in [1.807, 2.05) is 24.3 Å². The molecule has 2 aromatic carbocycles. The van der Waals surface area contributed by atoms with Gasteiger partial charge in [-0.2, -0.15) is 5.26 Å². The highest BCUT2D eigenvalue weighted by atomic mass is 16.5. The van der Waals surface area contributed by atoms with Gasteiger partial charge >= 0.3 is 0 Å². The average Bonchev–Trinajstić information content (AvgIpc) is 3.61. The van der Waals surface area contributed by atoms with Crippen LogP contribution < -0.4 is 10.2 Å². The second-order valence-corrected chi connectivity index (χ2v) is 12.6. The summed E-state index contributed by atoms with van der Waals surface area (Å²) in [6.07, 6.45) is 0.737. The Bertz CT molecular complexity index is 1650. The van der Waals surface area contributed by atoms with E-state index in [0.717, 1.165) is 29.4 Å². The number of benzene rings is 2. The second-order valence-electron chi connectivity index (χ2n) is 12.6. The topological polar surface area (TPSA) is 205 Å². The molecule has 282 valence electrons. The van der Waals surface area contributed by atoms with E-state index in [2.05, 4.69) is 45.3 Å². The van der Waals surface area contributed by atoms with Gasteiger partial charge in [-0.1, -0.05) is 30.0 Å². The molecule has 1 aliphatic rings. The van der Waals surface area contributed by atoms with Gasteiger partial charge in [0.05, 0.1) is 59.0 Å². The lowest BCUT2D eigenvalue weighted by molar-refractivity contribution is -0.117. The highest BCUT2D eigenvalue weighted by Gasteiger charge is 2.32. The van der Waals surface area contributed by atoms with Gasteiger partial charge in [-0.3, -0.25) is 4.79 Å². The number of carbonyl (C=O) groups is 1. The molecule has 1 aromatic heterocycles. The van der Waals surface area contributed by atoms with Gasteiger partial charge in [0.2, 0.25) is 0 Å². The number of nitrogens with zero attached hydrogens (tertiary/aromatic N) is 5. The molecule has 0 spiro atoms. The summed E-state index contributed by atoms with van der Waals surface area (Å²) >= 11 is 0. The number of aromatic nitrogens is 3. The molecule has 0 saturated carbocycles. The SMILES string of the molecule is C=C(Cn1cc(COCCOCCOCCNC(=O)/C(C#N)=C/c2ccc3cc(N4CCCCC4)ccc3c2)nn1)[C@@H](O)[C@H](O)[C@@H](O)[C@H](O)COC. The van der Waals surface area contributed by atoms with Crippen molar-refractivity contribution in [2.75, 3.05) is 71.3 Å². The molecule has 0 radical (unpaired) electrons. The summed E-state index contributed by atoms with van der Waals surface area (Å²) in [5.41, 5.74) is 2.71. The largest absolute Gasteiger partial charge is 0.388 e. The molecule has 5 N–H and O–H groups in total. The van der Waals surface area contributed by atoms with Crippen LogP contribution in [0.3, 0.4) is 0 Å². The van der Waals surface area contributed by atoms with Gasteiger partial charge in [-0.15, -0.1) is 5.10 Å². The zero-order valence-electron chi connectivity index (χ0n) is 29.6. The van der Waals surface area contributed by atoms with Crippen molar-refractivity contribution < 1.29 is 44.2 Å². The number of methoxy groups -OCH3 is 1. The van der Waals surface area contributed by atoms with E-state index in [1.165, 1.54) is 36.7 Å². The van der Waals surface area contributed by atoms with Crippen molar-refractivity contribution in [2.24, 2.45) is 0 Å². The number of nitrogens with one attached hydrogen (secondary N) is 1. The third-order valence-electron chi connectivity index (χ3n) is 8.55. The third-order valence-corrected chi connectivity index (χ3v) is 8.55. The summed E-state index contributed by atoms with van der Waals surface area (Å²) in [6.45, 7) is 7.63. The Balaban J connectivity index is 1.05. The van der Waals surface area contributed by atoms with Crippen molar-refractivity contribution >= 4 is 28.4 Å². The van der Waals surface area contributed by atoms with Gasteiger partial charge in [-0.25, -0.2) is 4.68 Å². The first kappa shape index (κ1) is 40.5. The first-order valence-corrected chi connectivity index (χ1v) is 17.4. The van der Waals surface area contributed by atoms with E-state index < -0.39 is 30.3 Å². The maximum atomic E-state index is 12.6. The average molecular weight is 723 g/mol. The number of piperidine rings is 1. The number of rotatable bonds is 22. The molecule has 15 heteroatoms. The van der Waals surface area contributed by atoms with Crippen LogP contribution in [0, 0.1) is 11.3 Å². The number of amides is 1. The lowest BCUT2D eigenvalue weighted by Gasteiger charge is -2.29. The number of fused-ring (bicyclic) bond motifs is 1. The van der Waals surface area contributed by atoms with Gasteiger partial charge in [0.1, 0.15) is 41.8 Å². The molecule has 3 aromatic rings. The highest BCUT2D eigenvalue weighted by molar-refractivity contribution is 6.02. The molecular weight excluding hydrogens is 672 g/mol. The maximum Gasteiger partial charge on any atom is 0.262 e. The summed E-state index contributed by atoms with van der Waals surface area (Å²) in [5.74, 6) is -0.462. The Labute approximate surface area is 303 Å². The number of aliphatic hydroxyl groups is 4. The minimum Gasteiger partial charge on any atom is -0.388 e. The molecule has 1 amide bonds. The minimum absolute atomic E-state index is 0.0194. The summed E-state index contributed by atoms with van der Waals surface area (Å²) in [4.78, 5) is 15.0. The monoisotopic (exact) mass is 722 g/mol. The second kappa shape index (κ2) is 21.3. The van der Waals surface area contributed by atoms with Gasteiger partial charge < -0.3 is 49.6 Å². The lowest BCUT2D eigenvalue weighted by atomic mass is 9.98. The van der Waals surface area contributed by atoms with Gasteiger partial charge in [0, 0.05) is 32.4 Å². The highest BCUT2D eigenvalue weighted by Crippen LogP contribution is 2.26. The Morgan fingerprint density at radius 3 is 2.40 bits per heavy atom. The van der Waals surface area contributed by atoms with Crippen LogP contribution in [-0.4, -0.2) is 132 Å². The summed E-state index contributed by atoms with van der Waals surface area (Å²) in [5, 5.41) is 62.6. The molecule has 2 heterocycles. The van der Waals surface area contributed by atoms with Gasteiger partial charge in [-0.05, 0) is 65.4 Å². The van der Waals surface area contributed by atoms with Gasteiger partial charge in [0.15, 0.2) is 0 Å². The van der Waals surface area contributed by atoms with Crippen LogP contribution in [-0.2, 0) is 36.9 Å². The number of nitriles is 1. The van der Waals surface area contributed by atoms with Crippen LogP contribution in [0.5, 0.6) is 0 Å². The van der Waals surface area contributed by atoms with E-state index in [-0.39, 0.29) is 44.1 Å². The molecule has 1 saturated heterocycles. The fourth-order valence-corrected chi connectivity index (χ4v) is 5.66. The van der Waals surface area contributed by atoms with Crippen molar-refractivity contribution in [2.45, 2.75) is 56.8 Å². The van der Waals surface area contributed by atoms with Crippen molar-refractivity contribution in [3.8, 4) is 6.07 Å². The van der Waals surface area contributed by atoms with Gasteiger partial charge in [0.25, 0.3) is 5.91 Å². The number of anilines is 1. The molecule has 1 fully saturated rings. The zero-order chi connectivity index (χ0) is 37.3. The van der Waals surface area contributed by atoms with Crippen LogP contribution in [0.1, 0.15) is 30.5 Å². The summed E-state index contributed by atoms with van der Waals surface area (Å²) < 4.78 is 22.7. The number of hydrogen-bond donors (Lipinski definition) is 5. The number of ether oxygens (including phenoxy) is 4. The van der Waals surface area contributed by atoms with Crippen LogP contribution in [0.25, 0.3) is 16.8 Å². The normalized spacial score (nSPS) is 15.9. The molecule has 1 aliphatic heterocycles. The fourth-order valence-electron chi connectivity index (χ4n) is 5.66. The minimum atomic E-state index is -1.67. The molecule has 4 atom stereocenters. The van der Waals surface area contributed by atoms with Crippen molar-refractivity contribution in [1.29, 1.82) is 5.26 Å². The first-order chi connectivity index (χ1) is 25.2. The fraction of sp³-hybridized carbons (Fsp3) is 0.514. The number of hydrogen-bond acceptors (Lipinski definition) is 13. The Kier molecular flexibility index (Phi) is 16.6. The third kappa shape index (κ3) is 12.5. The molecule has 4 rings (SSSR count). The smallest absolute Gasteiger partial charge is 0.262 e.